The first-order valence-corrected chi connectivity index (χ1v) is 18.3. The predicted octanol–water partition coefficient (Wildman–Crippen LogP) is 12.8. The average Bonchev–Trinajstić information content (AvgIpc) is 3.69. The Balaban J connectivity index is 1.17. The Morgan fingerprint density at radius 1 is 0.327 bits per heavy atom. The Hall–Kier alpha value is -7.50. The first kappa shape index (κ1) is 32.2. The lowest BCUT2D eigenvalue weighted by Crippen LogP contribution is -2.00. The highest BCUT2D eigenvalue weighted by Gasteiger charge is 2.24. The van der Waals surface area contributed by atoms with Gasteiger partial charge >= 0.3 is 0 Å². The summed E-state index contributed by atoms with van der Waals surface area (Å²) in [7, 11) is 0. The second-order valence-corrected chi connectivity index (χ2v) is 13.4. The highest BCUT2D eigenvalue weighted by Crippen LogP contribution is 2.46. The van der Waals surface area contributed by atoms with Gasteiger partial charge in [0.25, 0.3) is 0 Å². The van der Waals surface area contributed by atoms with E-state index in [1.54, 1.807) is 0 Å². The quantitative estimate of drug-likeness (QED) is 0.165. The van der Waals surface area contributed by atoms with E-state index in [1.807, 2.05) is 84.9 Å². The fourth-order valence-corrected chi connectivity index (χ4v) is 7.27. The molecular weight excluding hydrogens is 673 g/mol. The van der Waals surface area contributed by atoms with Gasteiger partial charge in [-0.2, -0.15) is 0 Å². The summed E-state index contributed by atoms with van der Waals surface area (Å²) < 4.78 is 6.92. The van der Waals surface area contributed by atoms with Crippen LogP contribution in [-0.2, 0) is 0 Å². The molecule has 0 saturated carbocycles. The van der Waals surface area contributed by atoms with Gasteiger partial charge in [-0.25, -0.2) is 19.9 Å². The summed E-state index contributed by atoms with van der Waals surface area (Å²) >= 11 is 0. The molecule has 0 aliphatic rings. The number of hydrogen-bond acceptors (Lipinski definition) is 5. The number of hydrogen-bond donors (Lipinski definition) is 0. The van der Waals surface area contributed by atoms with Crippen molar-refractivity contribution < 1.29 is 4.42 Å². The largest absolute Gasteiger partial charge is 0.455 e. The second kappa shape index (κ2) is 13.8. The van der Waals surface area contributed by atoms with Gasteiger partial charge in [-0.3, -0.25) is 0 Å². The van der Waals surface area contributed by atoms with Gasteiger partial charge < -0.3 is 4.42 Å². The molecule has 10 rings (SSSR count). The lowest BCUT2D eigenvalue weighted by Gasteiger charge is -2.11. The number of para-hydroxylation sites is 1. The van der Waals surface area contributed by atoms with Crippen molar-refractivity contribution in [3.8, 4) is 79.0 Å². The summed E-state index contributed by atoms with van der Waals surface area (Å²) in [6, 6.07) is 66.1. The Bertz CT molecular complexity index is 2940. The molecule has 0 spiro atoms. The number of nitrogens with zero attached hydrogens (tertiary/aromatic N) is 4. The summed E-state index contributed by atoms with van der Waals surface area (Å²) in [6.45, 7) is 0. The molecule has 3 aromatic heterocycles. The molecule has 55 heavy (non-hydrogen) atoms. The molecule has 0 fully saturated rings. The van der Waals surface area contributed by atoms with Crippen LogP contribution in [0.1, 0.15) is 0 Å². The maximum Gasteiger partial charge on any atom is 0.164 e. The van der Waals surface area contributed by atoms with Gasteiger partial charge in [0, 0.05) is 38.8 Å². The van der Waals surface area contributed by atoms with Crippen molar-refractivity contribution >= 4 is 21.9 Å². The van der Waals surface area contributed by atoms with E-state index < -0.39 is 0 Å². The van der Waals surface area contributed by atoms with E-state index >= 15 is 0 Å². The molecule has 0 unspecified atom stereocenters. The summed E-state index contributed by atoms with van der Waals surface area (Å²) in [5, 5.41) is 1.92. The molecule has 0 atom stereocenters. The van der Waals surface area contributed by atoms with Crippen LogP contribution in [0.4, 0.5) is 0 Å². The van der Waals surface area contributed by atoms with Crippen LogP contribution in [0.2, 0.25) is 0 Å². The fourth-order valence-electron chi connectivity index (χ4n) is 7.27. The van der Waals surface area contributed by atoms with Crippen LogP contribution in [-0.4, -0.2) is 19.9 Å². The zero-order valence-electron chi connectivity index (χ0n) is 29.7. The van der Waals surface area contributed by atoms with E-state index in [1.165, 1.54) is 0 Å². The zero-order valence-corrected chi connectivity index (χ0v) is 29.7. The predicted molar refractivity (Wildman–Crippen MR) is 223 cm³/mol. The van der Waals surface area contributed by atoms with Gasteiger partial charge in [0.2, 0.25) is 0 Å². The fraction of sp³-hybridized carbons (Fsp3) is 0. The Morgan fingerprint density at radius 3 is 1.44 bits per heavy atom. The number of pyridine rings is 1. The van der Waals surface area contributed by atoms with E-state index in [-0.39, 0.29) is 0 Å². The van der Waals surface area contributed by atoms with E-state index in [2.05, 4.69) is 109 Å². The average molecular weight is 705 g/mol. The smallest absolute Gasteiger partial charge is 0.164 e. The Morgan fingerprint density at radius 2 is 0.782 bits per heavy atom. The molecule has 0 amide bonds. The molecule has 0 N–H and O–H groups in total. The van der Waals surface area contributed by atoms with Gasteiger partial charge in [0.15, 0.2) is 17.5 Å². The molecular formula is C50H32N4O. The number of fused-ring (bicyclic) bond motifs is 3. The van der Waals surface area contributed by atoms with E-state index in [4.69, 9.17) is 24.4 Å². The molecule has 0 bridgehead atoms. The second-order valence-electron chi connectivity index (χ2n) is 13.4. The Labute approximate surface area is 318 Å². The van der Waals surface area contributed by atoms with Crippen molar-refractivity contribution in [3.63, 3.8) is 0 Å². The lowest BCUT2D eigenvalue weighted by atomic mass is 9.94. The van der Waals surface area contributed by atoms with Crippen molar-refractivity contribution in [2.24, 2.45) is 0 Å². The number of furan rings is 1. The van der Waals surface area contributed by atoms with Crippen LogP contribution in [0.15, 0.2) is 199 Å². The van der Waals surface area contributed by atoms with Crippen LogP contribution in [0.25, 0.3) is 101 Å². The first-order valence-electron chi connectivity index (χ1n) is 18.3. The summed E-state index contributed by atoms with van der Waals surface area (Å²) in [5.74, 6) is 2.60. The van der Waals surface area contributed by atoms with E-state index in [9.17, 15) is 0 Å². The molecule has 0 aliphatic heterocycles. The van der Waals surface area contributed by atoms with Crippen LogP contribution >= 0.6 is 0 Å². The van der Waals surface area contributed by atoms with Gasteiger partial charge in [0.1, 0.15) is 11.3 Å². The molecule has 3 heterocycles. The summed E-state index contributed by atoms with van der Waals surface area (Å²) in [5.41, 5.74) is 11.5. The minimum atomic E-state index is 0.579. The molecule has 7 aromatic carbocycles. The van der Waals surface area contributed by atoms with Gasteiger partial charge in [-0.05, 0) is 34.9 Å². The van der Waals surface area contributed by atoms with Crippen molar-refractivity contribution in [2.45, 2.75) is 0 Å². The lowest BCUT2D eigenvalue weighted by molar-refractivity contribution is 0.636. The maximum atomic E-state index is 6.92. The van der Waals surface area contributed by atoms with Crippen molar-refractivity contribution in [1.29, 1.82) is 0 Å². The number of benzene rings is 7. The minimum Gasteiger partial charge on any atom is -0.455 e. The van der Waals surface area contributed by atoms with Gasteiger partial charge in [0.05, 0.1) is 16.6 Å². The molecule has 0 radical (unpaired) electrons. The molecule has 5 nitrogen and oxygen atoms in total. The van der Waals surface area contributed by atoms with Gasteiger partial charge in [-0.1, -0.05) is 176 Å². The van der Waals surface area contributed by atoms with Crippen molar-refractivity contribution in [2.75, 3.05) is 0 Å². The van der Waals surface area contributed by atoms with Crippen LogP contribution < -0.4 is 0 Å². The standard InChI is InChI=1S/C50H32N4O/c1-5-16-33(17-6-1)34-28-30-38(31-29-34)49-52-48(37-22-11-4-12-23-37)53-50(54-49)40-25-15-24-39(32-40)45-44-43(35-18-7-2-8-19-35)46(36-20-9-3-10-21-36)55-47(44)41-26-13-14-27-42(41)51-45/h1-32H. The highest BCUT2D eigenvalue weighted by atomic mass is 16.3. The Kier molecular flexibility index (Phi) is 8.08. The molecule has 10 aromatic rings. The highest BCUT2D eigenvalue weighted by molar-refractivity contribution is 6.16. The number of aromatic nitrogens is 4. The molecule has 0 saturated heterocycles. The summed E-state index contributed by atoms with van der Waals surface area (Å²) in [6.07, 6.45) is 0. The van der Waals surface area contributed by atoms with Crippen molar-refractivity contribution in [3.05, 3.63) is 194 Å². The van der Waals surface area contributed by atoms with E-state index in [0.717, 1.165) is 83.4 Å². The van der Waals surface area contributed by atoms with Gasteiger partial charge in [-0.15, -0.1) is 0 Å². The SMILES string of the molecule is c1ccc(-c2ccc(-c3nc(-c4ccccc4)nc(-c4cccc(-c5nc6ccccc6c6oc(-c7ccccc7)c(-c7ccccc7)c56)c4)n3)cc2)cc1. The summed E-state index contributed by atoms with van der Waals surface area (Å²) in [4.78, 5) is 20.5. The van der Waals surface area contributed by atoms with E-state index in [0.29, 0.717) is 17.5 Å². The maximum absolute atomic E-state index is 6.92. The minimum absolute atomic E-state index is 0.579. The number of rotatable bonds is 7. The van der Waals surface area contributed by atoms with Crippen LogP contribution in [0.3, 0.4) is 0 Å². The monoisotopic (exact) mass is 704 g/mol. The molecule has 5 heteroatoms. The third-order valence-corrected chi connectivity index (χ3v) is 9.94. The van der Waals surface area contributed by atoms with Crippen molar-refractivity contribution in [1.82, 2.24) is 19.9 Å². The normalized spacial score (nSPS) is 11.3. The third kappa shape index (κ3) is 6.04. The topological polar surface area (TPSA) is 64.7 Å². The third-order valence-electron chi connectivity index (χ3n) is 9.94. The first-order chi connectivity index (χ1) is 27.3. The van der Waals surface area contributed by atoms with Crippen LogP contribution in [0.5, 0.6) is 0 Å². The molecule has 0 aliphatic carbocycles. The van der Waals surface area contributed by atoms with Crippen LogP contribution in [0, 0.1) is 0 Å². The molecule has 258 valence electrons. The zero-order chi connectivity index (χ0) is 36.6.